The Bertz CT molecular complexity index is 423. The molecule has 0 aromatic rings. The van der Waals surface area contributed by atoms with E-state index in [-0.39, 0.29) is 12.8 Å². The fourth-order valence-electron chi connectivity index (χ4n) is 1.72. The van der Waals surface area contributed by atoms with E-state index in [2.05, 4.69) is 0 Å². The minimum Gasteiger partial charge on any atom is -0.480 e. The molecule has 0 aromatic carbocycles. The van der Waals surface area contributed by atoms with E-state index >= 15 is 0 Å². The lowest BCUT2D eigenvalue weighted by molar-refractivity contribution is -0.141. The van der Waals surface area contributed by atoms with Crippen LogP contribution in [0.5, 0.6) is 0 Å². The van der Waals surface area contributed by atoms with E-state index in [0.717, 1.165) is 0 Å². The Morgan fingerprint density at radius 1 is 1.33 bits per heavy atom. The van der Waals surface area contributed by atoms with Crippen LogP contribution >= 0.6 is 0 Å². The Balaban J connectivity index is 2.64. The van der Waals surface area contributed by atoms with Crippen LogP contribution in [0.2, 0.25) is 0 Å². The van der Waals surface area contributed by atoms with E-state index in [4.69, 9.17) is 10.8 Å². The van der Waals surface area contributed by atoms with Crippen LogP contribution in [0.3, 0.4) is 0 Å². The highest BCUT2D eigenvalue weighted by Crippen LogP contribution is 2.30. The van der Waals surface area contributed by atoms with Gasteiger partial charge in [0.05, 0.1) is 0 Å². The molecule has 0 heterocycles. The van der Waals surface area contributed by atoms with Crippen LogP contribution < -0.4 is 11.1 Å². The first-order valence-corrected chi connectivity index (χ1v) is 6.25. The van der Waals surface area contributed by atoms with Gasteiger partial charge in [0.15, 0.2) is 0 Å². The lowest BCUT2D eigenvalue weighted by Crippen LogP contribution is -2.51. The number of urea groups is 1. The molecule has 1 aliphatic rings. The molecular weight excluding hydrogens is 295 g/mol. The lowest BCUT2D eigenvalue weighted by Gasteiger charge is -2.25. The monoisotopic (exact) mass is 311 g/mol. The number of nitrogens with zero attached hydrogens (tertiary/aromatic N) is 1. The molecule has 1 atom stereocenters. The summed E-state index contributed by atoms with van der Waals surface area (Å²) in [5.41, 5.74) is 4.87. The molecule has 1 saturated carbocycles. The van der Waals surface area contributed by atoms with E-state index < -0.39 is 42.7 Å². The van der Waals surface area contributed by atoms with Gasteiger partial charge in [0.1, 0.15) is 12.6 Å². The first kappa shape index (κ1) is 17.1. The van der Waals surface area contributed by atoms with Gasteiger partial charge in [0.2, 0.25) is 5.91 Å². The topological polar surface area (TPSA) is 113 Å². The largest absolute Gasteiger partial charge is 0.480 e. The van der Waals surface area contributed by atoms with Crippen molar-refractivity contribution < 1.29 is 32.7 Å². The smallest absolute Gasteiger partial charge is 0.406 e. The van der Waals surface area contributed by atoms with Gasteiger partial charge in [-0.25, -0.2) is 9.59 Å². The van der Waals surface area contributed by atoms with Crippen LogP contribution in [0, 0.1) is 0 Å². The number of nitrogens with one attached hydrogen (secondary N) is 1. The minimum atomic E-state index is -4.56. The Kier molecular flexibility index (Phi) is 5.39. The highest BCUT2D eigenvalue weighted by molar-refractivity contribution is 5.83. The van der Waals surface area contributed by atoms with Gasteiger partial charge in [-0.3, -0.25) is 4.79 Å². The molecule has 3 amide bonds. The SMILES string of the molecule is NC(=O)CC[C@H](NC(=O)N(CC(F)(F)F)C1CC1)C(=O)O. The second-order valence-corrected chi connectivity index (χ2v) is 4.82. The molecule has 7 nitrogen and oxygen atoms in total. The van der Waals surface area contributed by atoms with E-state index in [1.165, 1.54) is 0 Å². The molecule has 10 heteroatoms. The summed E-state index contributed by atoms with van der Waals surface area (Å²) < 4.78 is 37.2. The summed E-state index contributed by atoms with van der Waals surface area (Å²) in [6, 6.07) is -3.09. The van der Waals surface area contributed by atoms with Crippen LogP contribution in [0.4, 0.5) is 18.0 Å². The molecule has 120 valence electrons. The van der Waals surface area contributed by atoms with Crippen LogP contribution in [0.25, 0.3) is 0 Å². The zero-order valence-electron chi connectivity index (χ0n) is 11.0. The number of halogens is 3. The standard InChI is InChI=1S/C11H16F3N3O4/c12-11(13,14)5-17(6-1-2-6)10(21)16-7(9(19)20)3-4-8(15)18/h6-7H,1-5H2,(H2,15,18)(H,16,21)(H,19,20)/t7-/m0/s1. The van der Waals surface area contributed by atoms with Gasteiger partial charge >= 0.3 is 18.2 Å². The average Bonchev–Trinajstić information content (AvgIpc) is 3.13. The molecule has 0 radical (unpaired) electrons. The predicted molar refractivity (Wildman–Crippen MR) is 64.2 cm³/mol. The zero-order valence-corrected chi connectivity index (χ0v) is 11.0. The molecular formula is C11H16F3N3O4. The molecule has 1 fully saturated rings. The lowest BCUT2D eigenvalue weighted by atomic mass is 10.1. The van der Waals surface area contributed by atoms with Gasteiger partial charge in [0.25, 0.3) is 0 Å². The number of primary amides is 1. The van der Waals surface area contributed by atoms with Gasteiger partial charge in [0, 0.05) is 12.5 Å². The van der Waals surface area contributed by atoms with Crippen LogP contribution in [0.15, 0.2) is 0 Å². The Labute approximate surface area is 118 Å². The van der Waals surface area contributed by atoms with Crippen molar-refractivity contribution in [2.45, 2.75) is 43.9 Å². The number of carboxylic acids is 1. The highest BCUT2D eigenvalue weighted by Gasteiger charge is 2.41. The number of rotatable bonds is 7. The molecule has 21 heavy (non-hydrogen) atoms. The first-order chi connectivity index (χ1) is 9.60. The third kappa shape index (κ3) is 6.32. The minimum absolute atomic E-state index is 0.277. The van der Waals surface area contributed by atoms with Crippen LogP contribution in [-0.2, 0) is 9.59 Å². The van der Waals surface area contributed by atoms with Crippen molar-refractivity contribution in [2.24, 2.45) is 5.73 Å². The number of hydrogen-bond donors (Lipinski definition) is 3. The second kappa shape index (κ2) is 6.64. The molecule has 0 bridgehead atoms. The maximum atomic E-state index is 12.4. The number of hydrogen-bond acceptors (Lipinski definition) is 3. The molecule has 0 saturated heterocycles. The number of amides is 3. The van der Waals surface area contributed by atoms with Gasteiger partial charge in [-0.05, 0) is 19.3 Å². The van der Waals surface area contributed by atoms with Crippen LogP contribution in [-0.4, -0.2) is 52.7 Å². The van der Waals surface area contributed by atoms with Gasteiger partial charge < -0.3 is 21.1 Å². The normalized spacial score (nSPS) is 16.1. The first-order valence-electron chi connectivity index (χ1n) is 6.25. The Morgan fingerprint density at radius 3 is 2.29 bits per heavy atom. The number of nitrogens with two attached hydrogens (primary N) is 1. The van der Waals surface area contributed by atoms with E-state index in [0.29, 0.717) is 17.7 Å². The summed E-state index contributed by atoms with van der Waals surface area (Å²) >= 11 is 0. The molecule has 4 N–H and O–H groups in total. The Hall–Kier alpha value is -2.00. The number of alkyl halides is 3. The van der Waals surface area contributed by atoms with Gasteiger partial charge in [-0.2, -0.15) is 13.2 Å². The number of carbonyl (C=O) groups is 3. The molecule has 1 rings (SSSR count). The maximum absolute atomic E-state index is 12.4. The van der Waals surface area contributed by atoms with E-state index in [9.17, 15) is 27.6 Å². The molecule has 0 aliphatic heterocycles. The summed E-state index contributed by atoms with van der Waals surface area (Å²) in [5, 5.41) is 10.9. The van der Waals surface area contributed by atoms with E-state index in [1.807, 2.05) is 5.32 Å². The molecule has 0 unspecified atom stereocenters. The van der Waals surface area contributed by atoms with Gasteiger partial charge in [-0.1, -0.05) is 0 Å². The van der Waals surface area contributed by atoms with Crippen molar-refractivity contribution in [2.75, 3.05) is 6.54 Å². The summed E-state index contributed by atoms with van der Waals surface area (Å²) in [5.74, 6) is -2.20. The highest BCUT2D eigenvalue weighted by atomic mass is 19.4. The predicted octanol–water partition coefficient (Wildman–Crippen LogP) is 0.441. The molecule has 0 aromatic heterocycles. The van der Waals surface area contributed by atoms with Crippen molar-refractivity contribution >= 4 is 17.9 Å². The second-order valence-electron chi connectivity index (χ2n) is 4.82. The van der Waals surface area contributed by atoms with Gasteiger partial charge in [-0.15, -0.1) is 0 Å². The van der Waals surface area contributed by atoms with Crippen molar-refractivity contribution in [1.82, 2.24) is 10.2 Å². The third-order valence-corrected chi connectivity index (χ3v) is 2.87. The fourth-order valence-corrected chi connectivity index (χ4v) is 1.72. The van der Waals surface area contributed by atoms with Crippen molar-refractivity contribution in [1.29, 1.82) is 0 Å². The number of carbonyl (C=O) groups excluding carboxylic acids is 2. The zero-order chi connectivity index (χ0) is 16.2. The number of aliphatic carboxylic acids is 1. The summed E-state index contributed by atoms with van der Waals surface area (Å²) in [6.45, 7) is -1.44. The molecule has 0 spiro atoms. The molecule has 1 aliphatic carbocycles. The van der Waals surface area contributed by atoms with Crippen molar-refractivity contribution in [3.63, 3.8) is 0 Å². The Morgan fingerprint density at radius 2 is 1.90 bits per heavy atom. The van der Waals surface area contributed by atoms with Crippen LogP contribution in [0.1, 0.15) is 25.7 Å². The third-order valence-electron chi connectivity index (χ3n) is 2.87. The van der Waals surface area contributed by atoms with Crippen molar-refractivity contribution in [3.8, 4) is 0 Å². The number of carboxylic acid groups (broad SMARTS) is 1. The average molecular weight is 311 g/mol. The quantitative estimate of drug-likeness (QED) is 0.633. The summed E-state index contributed by atoms with van der Waals surface area (Å²) in [7, 11) is 0. The van der Waals surface area contributed by atoms with E-state index in [1.54, 1.807) is 0 Å². The fraction of sp³-hybridized carbons (Fsp3) is 0.727. The van der Waals surface area contributed by atoms with Crippen molar-refractivity contribution in [3.05, 3.63) is 0 Å². The summed E-state index contributed by atoms with van der Waals surface area (Å²) in [6.07, 6.45) is -4.24. The maximum Gasteiger partial charge on any atom is 0.406 e. The summed E-state index contributed by atoms with van der Waals surface area (Å²) in [4.78, 5) is 33.9.